The molecule has 83 valence electrons. The molecule has 0 saturated heterocycles. The molecule has 0 atom stereocenters. The first-order chi connectivity index (χ1) is 7.14. The molecule has 0 nitrogen and oxygen atoms in total. The Labute approximate surface area is 95.7 Å². The van der Waals surface area contributed by atoms with Gasteiger partial charge in [-0.05, 0) is 18.4 Å². The van der Waals surface area contributed by atoms with Crippen LogP contribution in [0.4, 0.5) is 0 Å². The van der Waals surface area contributed by atoms with E-state index in [0.29, 0.717) is 0 Å². The Bertz CT molecular complexity index is 264. The maximum absolute atomic E-state index is 4.06. The molecule has 0 unspecified atom stereocenters. The Kier molecular flexibility index (Phi) is 5.10. The molecule has 1 rings (SSSR count). The van der Waals surface area contributed by atoms with Gasteiger partial charge in [-0.2, -0.15) is 0 Å². The third kappa shape index (κ3) is 5.17. The van der Waals surface area contributed by atoms with E-state index in [1.54, 1.807) is 0 Å². The van der Waals surface area contributed by atoms with Gasteiger partial charge in [0.25, 0.3) is 0 Å². The van der Waals surface area contributed by atoms with Gasteiger partial charge in [0.2, 0.25) is 0 Å². The van der Waals surface area contributed by atoms with Crippen molar-refractivity contribution in [1.82, 2.24) is 0 Å². The summed E-state index contributed by atoms with van der Waals surface area (Å²) in [5.41, 5.74) is 1.48. The predicted molar refractivity (Wildman–Crippen MR) is 71.8 cm³/mol. The van der Waals surface area contributed by atoms with Crippen LogP contribution in [0.3, 0.4) is 0 Å². The monoisotopic (exact) mass is 219 g/mol. The SMILES string of the molecule is [CH2]C[Si](C)(C)CCCCc1ccccc1. The average Bonchev–Trinajstić information content (AvgIpc) is 2.26. The molecule has 0 bridgehead atoms. The zero-order chi connectivity index (χ0) is 11.1. The van der Waals surface area contributed by atoms with Crippen LogP contribution in [0.5, 0.6) is 0 Å². The topological polar surface area (TPSA) is 0 Å². The Balaban J connectivity index is 2.18. The summed E-state index contributed by atoms with van der Waals surface area (Å²) in [5.74, 6) is 0. The van der Waals surface area contributed by atoms with Crippen LogP contribution in [0.2, 0.25) is 25.2 Å². The van der Waals surface area contributed by atoms with Crippen molar-refractivity contribution < 1.29 is 0 Å². The Hall–Kier alpha value is -0.563. The standard InChI is InChI=1S/C14H23Si/c1-4-15(2,3)13-9-8-12-14-10-6-5-7-11-14/h5-7,10-11H,1,4,8-9,12-13H2,2-3H3. The van der Waals surface area contributed by atoms with E-state index in [9.17, 15) is 0 Å². The van der Waals surface area contributed by atoms with Crippen molar-refractivity contribution in [2.45, 2.75) is 44.4 Å². The first-order valence-corrected chi connectivity index (χ1v) is 9.39. The fourth-order valence-corrected chi connectivity index (χ4v) is 3.16. The van der Waals surface area contributed by atoms with E-state index in [4.69, 9.17) is 0 Å². The van der Waals surface area contributed by atoms with Gasteiger partial charge in [-0.3, -0.25) is 0 Å². The molecule has 0 aromatic heterocycles. The first-order valence-electron chi connectivity index (χ1n) is 5.97. The lowest BCUT2D eigenvalue weighted by Gasteiger charge is -2.19. The predicted octanol–water partition coefficient (Wildman–Crippen LogP) is 4.55. The fourth-order valence-electron chi connectivity index (χ4n) is 1.70. The van der Waals surface area contributed by atoms with Crippen LogP contribution >= 0.6 is 0 Å². The molecular formula is C14H23Si. The molecule has 1 aromatic carbocycles. The molecule has 0 aliphatic carbocycles. The second-order valence-corrected chi connectivity index (χ2v) is 10.4. The molecule has 0 heterocycles. The molecule has 0 N–H and O–H groups in total. The molecule has 0 aliphatic rings. The minimum Gasteiger partial charge on any atom is -0.0693 e. The minimum absolute atomic E-state index is 0.927. The van der Waals surface area contributed by atoms with E-state index < -0.39 is 8.07 Å². The lowest BCUT2D eigenvalue weighted by atomic mass is 10.1. The molecular weight excluding hydrogens is 196 g/mol. The van der Waals surface area contributed by atoms with E-state index in [1.165, 1.54) is 36.9 Å². The Morgan fingerprint density at radius 3 is 2.33 bits per heavy atom. The molecule has 0 aliphatic heterocycles. The zero-order valence-corrected chi connectivity index (χ0v) is 11.1. The van der Waals surface area contributed by atoms with Crippen LogP contribution in [-0.2, 0) is 6.42 Å². The van der Waals surface area contributed by atoms with E-state index in [0.717, 1.165) is 0 Å². The number of hydrogen-bond donors (Lipinski definition) is 0. The number of unbranched alkanes of at least 4 members (excludes halogenated alkanes) is 1. The van der Waals surface area contributed by atoms with Gasteiger partial charge in [0.15, 0.2) is 0 Å². The molecule has 0 saturated carbocycles. The van der Waals surface area contributed by atoms with Crippen LogP contribution in [0.15, 0.2) is 30.3 Å². The molecule has 0 fully saturated rings. The summed E-state index contributed by atoms with van der Waals surface area (Å²) in [5, 5.41) is 0. The Morgan fingerprint density at radius 2 is 1.73 bits per heavy atom. The van der Waals surface area contributed by atoms with Crippen molar-refractivity contribution >= 4 is 8.07 Å². The number of aryl methyl sites for hydroxylation is 1. The third-order valence-corrected chi connectivity index (χ3v) is 6.15. The van der Waals surface area contributed by atoms with Crippen molar-refractivity contribution in [3.8, 4) is 0 Å². The van der Waals surface area contributed by atoms with Gasteiger partial charge in [0.1, 0.15) is 0 Å². The molecule has 1 aromatic rings. The van der Waals surface area contributed by atoms with Gasteiger partial charge in [-0.15, -0.1) is 0 Å². The van der Waals surface area contributed by atoms with Gasteiger partial charge >= 0.3 is 0 Å². The average molecular weight is 219 g/mol. The summed E-state index contributed by atoms with van der Waals surface area (Å²) < 4.78 is 0. The largest absolute Gasteiger partial charge is 0.0693 e. The lowest BCUT2D eigenvalue weighted by Crippen LogP contribution is -2.23. The second kappa shape index (κ2) is 6.11. The van der Waals surface area contributed by atoms with E-state index >= 15 is 0 Å². The van der Waals surface area contributed by atoms with Gasteiger partial charge in [-0.1, -0.05) is 68.9 Å². The first kappa shape index (κ1) is 12.5. The summed E-state index contributed by atoms with van der Waals surface area (Å²) in [6.45, 7) is 8.95. The normalized spacial score (nSPS) is 11.7. The number of benzene rings is 1. The van der Waals surface area contributed by atoms with Crippen molar-refractivity contribution in [3.05, 3.63) is 42.8 Å². The highest BCUT2D eigenvalue weighted by Crippen LogP contribution is 2.18. The summed E-state index contributed by atoms with van der Waals surface area (Å²) in [6, 6.07) is 13.4. The van der Waals surface area contributed by atoms with E-state index in [2.05, 4.69) is 50.3 Å². The molecule has 0 spiro atoms. The van der Waals surface area contributed by atoms with Gasteiger partial charge in [0.05, 0.1) is 0 Å². The van der Waals surface area contributed by atoms with E-state index in [-0.39, 0.29) is 0 Å². The highest BCUT2D eigenvalue weighted by Gasteiger charge is 2.16. The summed E-state index contributed by atoms with van der Waals surface area (Å²) in [7, 11) is -0.927. The quantitative estimate of drug-likeness (QED) is 0.486. The van der Waals surface area contributed by atoms with Crippen molar-refractivity contribution in [2.24, 2.45) is 0 Å². The summed E-state index contributed by atoms with van der Waals surface area (Å²) in [6.07, 6.45) is 3.95. The molecule has 1 radical (unpaired) electrons. The highest BCUT2D eigenvalue weighted by atomic mass is 28.3. The maximum Gasteiger partial charge on any atom is 0.0473 e. The molecule has 1 heteroatoms. The second-order valence-electron chi connectivity index (χ2n) is 5.11. The minimum atomic E-state index is -0.927. The smallest absolute Gasteiger partial charge is 0.0473 e. The Morgan fingerprint density at radius 1 is 1.07 bits per heavy atom. The number of rotatable bonds is 6. The number of hydrogen-bond acceptors (Lipinski definition) is 0. The third-order valence-electron chi connectivity index (χ3n) is 3.09. The van der Waals surface area contributed by atoms with Crippen LogP contribution < -0.4 is 0 Å². The van der Waals surface area contributed by atoms with Crippen LogP contribution in [0, 0.1) is 6.92 Å². The fraction of sp³-hybridized carbons (Fsp3) is 0.500. The van der Waals surface area contributed by atoms with Crippen LogP contribution in [0.1, 0.15) is 18.4 Å². The zero-order valence-electron chi connectivity index (χ0n) is 10.1. The van der Waals surface area contributed by atoms with Crippen molar-refractivity contribution in [1.29, 1.82) is 0 Å². The molecule has 15 heavy (non-hydrogen) atoms. The summed E-state index contributed by atoms with van der Waals surface area (Å²) in [4.78, 5) is 0. The lowest BCUT2D eigenvalue weighted by molar-refractivity contribution is 0.783. The highest BCUT2D eigenvalue weighted by molar-refractivity contribution is 6.77. The van der Waals surface area contributed by atoms with Gasteiger partial charge in [-0.25, -0.2) is 0 Å². The van der Waals surface area contributed by atoms with Crippen molar-refractivity contribution in [2.75, 3.05) is 0 Å². The maximum atomic E-state index is 4.06. The van der Waals surface area contributed by atoms with E-state index in [1.807, 2.05) is 0 Å². The van der Waals surface area contributed by atoms with Gasteiger partial charge in [0, 0.05) is 8.07 Å². The summed E-state index contributed by atoms with van der Waals surface area (Å²) >= 11 is 0. The van der Waals surface area contributed by atoms with Crippen molar-refractivity contribution in [3.63, 3.8) is 0 Å². The van der Waals surface area contributed by atoms with Crippen LogP contribution in [0.25, 0.3) is 0 Å². The van der Waals surface area contributed by atoms with Gasteiger partial charge < -0.3 is 0 Å². The molecule has 0 amide bonds. The van der Waals surface area contributed by atoms with Crippen LogP contribution in [-0.4, -0.2) is 8.07 Å².